The monoisotopic (exact) mass is 263 g/mol. The lowest BCUT2D eigenvalue weighted by molar-refractivity contribution is 0.437. The molecule has 2 rings (SSSR count). The molecule has 0 spiro atoms. The van der Waals surface area contributed by atoms with E-state index in [2.05, 4.69) is 49.7 Å². The van der Waals surface area contributed by atoms with Crippen LogP contribution in [0.1, 0.15) is 51.1 Å². The van der Waals surface area contributed by atoms with Crippen molar-refractivity contribution in [3.05, 3.63) is 29.8 Å². The number of thioether (sulfide) groups is 1. The molecule has 0 heterocycles. The molecule has 0 saturated heterocycles. The van der Waals surface area contributed by atoms with Gasteiger partial charge in [-0.3, -0.25) is 0 Å². The normalized spacial score (nSPS) is 25.3. The maximum absolute atomic E-state index is 3.79. The molecule has 0 aromatic heterocycles. The summed E-state index contributed by atoms with van der Waals surface area (Å²) in [7, 11) is 0. The molecule has 0 aliphatic heterocycles. The van der Waals surface area contributed by atoms with Crippen molar-refractivity contribution in [1.29, 1.82) is 0 Å². The Morgan fingerprint density at radius 1 is 1.28 bits per heavy atom. The van der Waals surface area contributed by atoms with Gasteiger partial charge in [0, 0.05) is 17.0 Å². The summed E-state index contributed by atoms with van der Waals surface area (Å²) in [5.74, 6) is 0.952. The smallest absolute Gasteiger partial charge is 0.0294 e. The highest BCUT2D eigenvalue weighted by Gasteiger charge is 2.24. The van der Waals surface area contributed by atoms with Crippen LogP contribution in [0.5, 0.6) is 0 Å². The van der Waals surface area contributed by atoms with Gasteiger partial charge in [0.2, 0.25) is 0 Å². The van der Waals surface area contributed by atoms with E-state index < -0.39 is 0 Å². The second-order valence-electron chi connectivity index (χ2n) is 5.45. The molecule has 1 fully saturated rings. The van der Waals surface area contributed by atoms with E-state index in [0.29, 0.717) is 6.04 Å². The molecular formula is C16H25NS. The molecule has 1 N–H and O–H groups in total. The first-order valence-corrected chi connectivity index (χ1v) is 8.35. The predicted molar refractivity (Wildman–Crippen MR) is 81.2 cm³/mol. The Morgan fingerprint density at radius 2 is 2.00 bits per heavy atom. The van der Waals surface area contributed by atoms with Crippen molar-refractivity contribution in [1.82, 2.24) is 5.32 Å². The van der Waals surface area contributed by atoms with Gasteiger partial charge in [-0.1, -0.05) is 25.5 Å². The highest BCUT2D eigenvalue weighted by molar-refractivity contribution is 7.98. The number of hydrogen-bond donors (Lipinski definition) is 1. The Bertz CT molecular complexity index is 360. The molecule has 18 heavy (non-hydrogen) atoms. The van der Waals surface area contributed by atoms with Gasteiger partial charge in [-0.15, -0.1) is 11.8 Å². The first-order valence-electron chi connectivity index (χ1n) is 7.13. The Hall–Kier alpha value is -0.470. The van der Waals surface area contributed by atoms with E-state index >= 15 is 0 Å². The summed E-state index contributed by atoms with van der Waals surface area (Å²) in [6.07, 6.45) is 7.59. The van der Waals surface area contributed by atoms with E-state index in [4.69, 9.17) is 0 Å². The molecule has 0 amide bonds. The zero-order chi connectivity index (χ0) is 13.0. The van der Waals surface area contributed by atoms with Crippen LogP contribution >= 0.6 is 11.8 Å². The minimum Gasteiger partial charge on any atom is -0.307 e. The highest BCUT2D eigenvalue weighted by Crippen LogP contribution is 2.29. The van der Waals surface area contributed by atoms with Crippen LogP contribution in [0.15, 0.2) is 29.2 Å². The number of hydrogen-bond acceptors (Lipinski definition) is 2. The molecule has 3 unspecified atom stereocenters. The van der Waals surface area contributed by atoms with E-state index in [0.717, 1.165) is 12.0 Å². The first kappa shape index (κ1) is 14.0. The summed E-state index contributed by atoms with van der Waals surface area (Å²) in [5.41, 5.74) is 1.41. The second kappa shape index (κ2) is 6.63. The molecule has 1 aliphatic rings. The lowest BCUT2D eigenvalue weighted by atomic mass is 10.0. The van der Waals surface area contributed by atoms with Gasteiger partial charge in [0.15, 0.2) is 0 Å². The van der Waals surface area contributed by atoms with Gasteiger partial charge in [0.1, 0.15) is 0 Å². The van der Waals surface area contributed by atoms with Gasteiger partial charge in [0.25, 0.3) is 0 Å². The van der Waals surface area contributed by atoms with Crippen LogP contribution in [0.2, 0.25) is 0 Å². The van der Waals surface area contributed by atoms with Crippen LogP contribution in [-0.4, -0.2) is 12.3 Å². The molecule has 1 nitrogen and oxygen atoms in total. The van der Waals surface area contributed by atoms with E-state index in [-0.39, 0.29) is 0 Å². The summed E-state index contributed by atoms with van der Waals surface area (Å²) < 4.78 is 0. The van der Waals surface area contributed by atoms with Gasteiger partial charge in [-0.05, 0) is 56.1 Å². The summed E-state index contributed by atoms with van der Waals surface area (Å²) in [6.45, 7) is 4.60. The summed E-state index contributed by atoms with van der Waals surface area (Å²) in [5, 5.41) is 3.79. The van der Waals surface area contributed by atoms with Crippen molar-refractivity contribution in [3.63, 3.8) is 0 Å². The Labute approximate surface area is 116 Å². The molecule has 1 aromatic carbocycles. The molecule has 3 atom stereocenters. The number of rotatable bonds is 5. The van der Waals surface area contributed by atoms with Gasteiger partial charge >= 0.3 is 0 Å². The minimum absolute atomic E-state index is 0.474. The molecule has 0 bridgehead atoms. The maximum atomic E-state index is 3.79. The third kappa shape index (κ3) is 3.52. The van der Waals surface area contributed by atoms with Crippen molar-refractivity contribution in [2.45, 2.75) is 56.5 Å². The number of benzene rings is 1. The summed E-state index contributed by atoms with van der Waals surface area (Å²) >= 11 is 1.80. The van der Waals surface area contributed by atoms with Gasteiger partial charge in [-0.25, -0.2) is 0 Å². The third-order valence-electron chi connectivity index (χ3n) is 4.22. The Morgan fingerprint density at radius 3 is 2.56 bits per heavy atom. The van der Waals surface area contributed by atoms with Crippen LogP contribution in [0.4, 0.5) is 0 Å². The molecule has 0 radical (unpaired) electrons. The molecule has 1 aromatic rings. The number of nitrogens with one attached hydrogen (secondary N) is 1. The zero-order valence-electron chi connectivity index (χ0n) is 11.8. The van der Waals surface area contributed by atoms with Crippen LogP contribution < -0.4 is 5.32 Å². The molecule has 2 heteroatoms. The third-order valence-corrected chi connectivity index (χ3v) is 4.96. The maximum Gasteiger partial charge on any atom is 0.0294 e. The van der Waals surface area contributed by atoms with Gasteiger partial charge in [-0.2, -0.15) is 0 Å². The fourth-order valence-electron chi connectivity index (χ4n) is 2.94. The predicted octanol–water partition coefficient (Wildman–Crippen LogP) is 4.64. The SMILES string of the molecule is CCC1CCC(NC(C)c2ccc(SC)cc2)C1. The van der Waals surface area contributed by atoms with Crippen LogP contribution in [0, 0.1) is 5.92 Å². The van der Waals surface area contributed by atoms with Crippen LogP contribution in [0.3, 0.4) is 0 Å². The van der Waals surface area contributed by atoms with Crippen molar-refractivity contribution < 1.29 is 0 Å². The highest BCUT2D eigenvalue weighted by atomic mass is 32.2. The van der Waals surface area contributed by atoms with E-state index in [1.54, 1.807) is 11.8 Å². The average Bonchev–Trinajstić information content (AvgIpc) is 2.86. The second-order valence-corrected chi connectivity index (χ2v) is 6.33. The van der Waals surface area contributed by atoms with Crippen LogP contribution in [0.25, 0.3) is 0 Å². The van der Waals surface area contributed by atoms with E-state index in [9.17, 15) is 0 Å². The largest absolute Gasteiger partial charge is 0.307 e. The van der Waals surface area contributed by atoms with E-state index in [1.807, 2.05) is 0 Å². The summed E-state index contributed by atoms with van der Waals surface area (Å²) in [6, 6.07) is 10.2. The molecule has 1 aliphatic carbocycles. The lowest BCUT2D eigenvalue weighted by Gasteiger charge is -2.20. The van der Waals surface area contributed by atoms with Gasteiger partial charge in [0.05, 0.1) is 0 Å². The fourth-order valence-corrected chi connectivity index (χ4v) is 3.35. The van der Waals surface area contributed by atoms with Crippen molar-refractivity contribution in [2.24, 2.45) is 5.92 Å². The molecular weight excluding hydrogens is 238 g/mol. The first-order chi connectivity index (χ1) is 8.72. The van der Waals surface area contributed by atoms with Crippen LogP contribution in [-0.2, 0) is 0 Å². The van der Waals surface area contributed by atoms with E-state index in [1.165, 1.54) is 36.1 Å². The van der Waals surface area contributed by atoms with Crippen molar-refractivity contribution in [2.75, 3.05) is 6.26 Å². The average molecular weight is 263 g/mol. The zero-order valence-corrected chi connectivity index (χ0v) is 12.6. The standard InChI is InChI=1S/C16H25NS/c1-4-13-5-8-15(11-13)17-12(2)14-6-9-16(18-3)10-7-14/h6-7,9-10,12-13,15,17H,4-5,8,11H2,1-3H3. The Balaban J connectivity index is 1.89. The fraction of sp³-hybridized carbons (Fsp3) is 0.625. The van der Waals surface area contributed by atoms with Crippen molar-refractivity contribution >= 4 is 11.8 Å². The topological polar surface area (TPSA) is 12.0 Å². The lowest BCUT2D eigenvalue weighted by Crippen LogP contribution is -2.29. The van der Waals surface area contributed by atoms with Crippen molar-refractivity contribution in [3.8, 4) is 0 Å². The molecule has 1 saturated carbocycles. The van der Waals surface area contributed by atoms with Gasteiger partial charge < -0.3 is 5.32 Å². The quantitative estimate of drug-likeness (QED) is 0.777. The molecule has 100 valence electrons. The minimum atomic E-state index is 0.474. The summed E-state index contributed by atoms with van der Waals surface area (Å²) in [4.78, 5) is 1.35. The Kier molecular flexibility index (Phi) is 5.13.